The summed E-state index contributed by atoms with van der Waals surface area (Å²) >= 11 is 7.17. The molecule has 66 valence electrons. The summed E-state index contributed by atoms with van der Waals surface area (Å²) in [5, 5.41) is 0. The molecule has 0 radical (unpaired) electrons. The summed E-state index contributed by atoms with van der Waals surface area (Å²) in [6.45, 7) is 0.676. The number of hydrogen-bond donors (Lipinski definition) is 0. The minimum absolute atomic E-state index is 0.492. The van der Waals surface area contributed by atoms with Crippen molar-refractivity contribution in [2.75, 3.05) is 0 Å². The maximum atomic E-state index is 5.68. The molecule has 2 rings (SSSR count). The summed E-state index contributed by atoms with van der Waals surface area (Å²) in [5.41, 5.74) is 0. The molecule has 0 N–H and O–H groups in total. The fourth-order valence-corrected chi connectivity index (χ4v) is 1.99. The van der Waals surface area contributed by atoms with Gasteiger partial charge in [-0.15, -0.1) is 11.3 Å². The molecule has 0 saturated heterocycles. The lowest BCUT2D eigenvalue weighted by atomic mass is 9.96. The maximum absolute atomic E-state index is 5.68. The van der Waals surface area contributed by atoms with E-state index in [0.29, 0.717) is 17.2 Å². The van der Waals surface area contributed by atoms with Crippen molar-refractivity contribution in [1.29, 1.82) is 0 Å². The second kappa shape index (κ2) is 3.73. The third-order valence-electron chi connectivity index (χ3n) is 2.04. The van der Waals surface area contributed by atoms with Gasteiger partial charge in [-0.05, 0) is 19.3 Å². The number of thiazole rings is 1. The lowest BCUT2D eigenvalue weighted by molar-refractivity contribution is -0.00750. The Labute approximate surface area is 80.5 Å². The van der Waals surface area contributed by atoms with E-state index in [1.165, 1.54) is 30.6 Å². The first-order chi connectivity index (χ1) is 5.84. The van der Waals surface area contributed by atoms with Crippen LogP contribution in [0.1, 0.15) is 24.1 Å². The quantitative estimate of drug-likeness (QED) is 0.754. The monoisotopic (exact) mass is 203 g/mol. The van der Waals surface area contributed by atoms with Crippen molar-refractivity contribution >= 4 is 22.9 Å². The zero-order valence-electron chi connectivity index (χ0n) is 6.62. The van der Waals surface area contributed by atoms with Crippen molar-refractivity contribution in [2.24, 2.45) is 0 Å². The van der Waals surface area contributed by atoms with Crippen LogP contribution in [0.5, 0.6) is 0 Å². The first-order valence-electron chi connectivity index (χ1n) is 4.06. The standard InChI is InChI=1S/C8H10ClNOS/c9-8-10-4-7(12-8)5-11-6-2-1-3-6/h4,6H,1-3,5H2. The van der Waals surface area contributed by atoms with Gasteiger partial charge in [0.05, 0.1) is 17.6 Å². The Morgan fingerprint density at radius 2 is 2.50 bits per heavy atom. The number of rotatable bonds is 3. The van der Waals surface area contributed by atoms with E-state index in [2.05, 4.69) is 4.98 Å². The van der Waals surface area contributed by atoms with Crippen LogP contribution in [0.15, 0.2) is 6.20 Å². The zero-order chi connectivity index (χ0) is 8.39. The Hall–Kier alpha value is -0.120. The van der Waals surface area contributed by atoms with Crippen molar-refractivity contribution in [1.82, 2.24) is 4.98 Å². The van der Waals surface area contributed by atoms with Crippen molar-refractivity contribution in [3.05, 3.63) is 15.5 Å². The van der Waals surface area contributed by atoms with Crippen LogP contribution in [0.4, 0.5) is 0 Å². The van der Waals surface area contributed by atoms with E-state index in [4.69, 9.17) is 16.3 Å². The molecule has 12 heavy (non-hydrogen) atoms. The Bertz CT molecular complexity index is 259. The highest BCUT2D eigenvalue weighted by Gasteiger charge is 2.17. The molecule has 0 bridgehead atoms. The van der Waals surface area contributed by atoms with Crippen LogP contribution in [0, 0.1) is 0 Å². The number of hydrogen-bond acceptors (Lipinski definition) is 3. The minimum atomic E-state index is 0.492. The van der Waals surface area contributed by atoms with Crippen LogP contribution in [0.2, 0.25) is 4.47 Å². The molecule has 0 aromatic carbocycles. The lowest BCUT2D eigenvalue weighted by Gasteiger charge is -2.24. The molecule has 1 heterocycles. The van der Waals surface area contributed by atoms with E-state index in [-0.39, 0.29) is 0 Å². The van der Waals surface area contributed by atoms with Gasteiger partial charge in [0, 0.05) is 6.20 Å². The lowest BCUT2D eigenvalue weighted by Crippen LogP contribution is -2.20. The van der Waals surface area contributed by atoms with Crippen molar-refractivity contribution in [2.45, 2.75) is 32.0 Å². The van der Waals surface area contributed by atoms with E-state index < -0.39 is 0 Å². The molecule has 1 aliphatic carbocycles. The van der Waals surface area contributed by atoms with Crippen LogP contribution < -0.4 is 0 Å². The van der Waals surface area contributed by atoms with Gasteiger partial charge in [0.25, 0.3) is 0 Å². The zero-order valence-corrected chi connectivity index (χ0v) is 8.20. The Morgan fingerprint density at radius 3 is 3.00 bits per heavy atom. The van der Waals surface area contributed by atoms with Crippen LogP contribution >= 0.6 is 22.9 Å². The second-order valence-corrected chi connectivity index (χ2v) is 4.64. The van der Waals surface area contributed by atoms with Gasteiger partial charge in [-0.1, -0.05) is 11.6 Å². The highest BCUT2D eigenvalue weighted by atomic mass is 35.5. The Morgan fingerprint density at radius 1 is 1.67 bits per heavy atom. The van der Waals surface area contributed by atoms with Gasteiger partial charge >= 0.3 is 0 Å². The summed E-state index contributed by atoms with van der Waals surface area (Å²) in [7, 11) is 0. The normalized spacial score (nSPS) is 17.8. The Kier molecular flexibility index (Phi) is 2.63. The van der Waals surface area contributed by atoms with Gasteiger partial charge < -0.3 is 4.74 Å². The summed E-state index contributed by atoms with van der Waals surface area (Å²) in [6, 6.07) is 0. The van der Waals surface area contributed by atoms with Crippen molar-refractivity contribution < 1.29 is 4.74 Å². The summed E-state index contributed by atoms with van der Waals surface area (Å²) in [4.78, 5) is 5.06. The van der Waals surface area contributed by atoms with Gasteiger partial charge in [-0.3, -0.25) is 0 Å². The summed E-state index contributed by atoms with van der Waals surface area (Å²) in [6.07, 6.45) is 6.02. The fourth-order valence-electron chi connectivity index (χ4n) is 1.09. The van der Waals surface area contributed by atoms with E-state index >= 15 is 0 Å². The van der Waals surface area contributed by atoms with Crippen molar-refractivity contribution in [3.63, 3.8) is 0 Å². The van der Waals surface area contributed by atoms with Gasteiger partial charge in [-0.25, -0.2) is 4.98 Å². The van der Waals surface area contributed by atoms with E-state index in [0.717, 1.165) is 4.88 Å². The molecule has 0 amide bonds. The molecule has 2 nitrogen and oxygen atoms in total. The van der Waals surface area contributed by atoms with E-state index in [1.807, 2.05) is 0 Å². The average Bonchev–Trinajstić information content (AvgIpc) is 2.32. The molecular formula is C8H10ClNOS. The van der Waals surface area contributed by atoms with Crippen molar-refractivity contribution in [3.8, 4) is 0 Å². The first-order valence-corrected chi connectivity index (χ1v) is 5.26. The summed E-state index contributed by atoms with van der Waals surface area (Å²) in [5.74, 6) is 0. The number of nitrogens with zero attached hydrogens (tertiary/aromatic N) is 1. The van der Waals surface area contributed by atoms with Gasteiger partial charge in [0.1, 0.15) is 0 Å². The van der Waals surface area contributed by atoms with Gasteiger partial charge in [0.2, 0.25) is 0 Å². The first kappa shape index (κ1) is 8.48. The maximum Gasteiger partial charge on any atom is 0.183 e. The highest BCUT2D eigenvalue weighted by Crippen LogP contribution is 2.25. The van der Waals surface area contributed by atoms with Crippen LogP contribution in [0.3, 0.4) is 0 Å². The molecule has 1 aromatic heterocycles. The Balaban J connectivity index is 1.79. The molecule has 1 aliphatic rings. The van der Waals surface area contributed by atoms with Gasteiger partial charge in [-0.2, -0.15) is 0 Å². The van der Waals surface area contributed by atoms with E-state index in [9.17, 15) is 0 Å². The number of aromatic nitrogens is 1. The molecule has 4 heteroatoms. The molecule has 1 saturated carbocycles. The largest absolute Gasteiger partial charge is 0.373 e. The molecule has 1 aromatic rings. The SMILES string of the molecule is Clc1ncc(COC2CCC2)s1. The number of ether oxygens (including phenoxy) is 1. The topological polar surface area (TPSA) is 22.1 Å². The number of halogens is 1. The van der Waals surface area contributed by atoms with Crippen LogP contribution in [-0.2, 0) is 11.3 Å². The smallest absolute Gasteiger partial charge is 0.183 e. The fraction of sp³-hybridized carbons (Fsp3) is 0.625. The third kappa shape index (κ3) is 1.97. The third-order valence-corrected chi connectivity index (χ3v) is 3.13. The molecular weight excluding hydrogens is 194 g/mol. The molecule has 0 spiro atoms. The van der Waals surface area contributed by atoms with Gasteiger partial charge in [0.15, 0.2) is 4.47 Å². The molecule has 0 unspecified atom stereocenters. The predicted molar refractivity (Wildman–Crippen MR) is 49.6 cm³/mol. The molecule has 1 fully saturated rings. The van der Waals surface area contributed by atoms with E-state index in [1.54, 1.807) is 6.20 Å². The molecule has 0 atom stereocenters. The average molecular weight is 204 g/mol. The highest BCUT2D eigenvalue weighted by molar-refractivity contribution is 7.15. The van der Waals surface area contributed by atoms with Crippen LogP contribution in [-0.4, -0.2) is 11.1 Å². The van der Waals surface area contributed by atoms with Crippen LogP contribution in [0.25, 0.3) is 0 Å². The molecule has 0 aliphatic heterocycles. The summed E-state index contributed by atoms with van der Waals surface area (Å²) < 4.78 is 6.19. The predicted octanol–water partition coefficient (Wildman–Crippen LogP) is 2.87. The second-order valence-electron chi connectivity index (χ2n) is 2.94. The minimum Gasteiger partial charge on any atom is -0.373 e.